The van der Waals surface area contributed by atoms with Crippen molar-refractivity contribution in [2.45, 2.75) is 138 Å². The molecule has 4 fully saturated rings. The summed E-state index contributed by atoms with van der Waals surface area (Å²) in [6, 6.07) is 69.3. The third-order valence-corrected chi connectivity index (χ3v) is 17.8. The fraction of sp³-hybridized carbons (Fsp3) is 0.338. The number of alkyl halides is 1. The van der Waals surface area contributed by atoms with Crippen molar-refractivity contribution in [2.75, 3.05) is 26.2 Å². The molecule has 0 N–H and O–H groups in total. The molecule has 0 spiro atoms. The molecule has 4 saturated heterocycles. The Labute approximate surface area is 568 Å². The van der Waals surface area contributed by atoms with Gasteiger partial charge >= 0.3 is 5.97 Å². The molecular weight excluding hydrogens is 1260 g/mol. The number of carbonyl (C=O) groups excluding carboxylic acids is 3. The maximum atomic E-state index is 15.6. The summed E-state index contributed by atoms with van der Waals surface area (Å²) in [7, 11) is 1.55. The maximum absolute atomic E-state index is 15.6. The van der Waals surface area contributed by atoms with E-state index < -0.39 is 122 Å². The molecule has 97 heavy (non-hydrogen) atoms. The van der Waals surface area contributed by atoms with Crippen LogP contribution in [-0.4, -0.2) is 141 Å². The molecule has 13 rings (SSSR count). The number of hydrogen-bond donors (Lipinski definition) is 0. The van der Waals surface area contributed by atoms with Crippen LogP contribution < -0.4 is 9.47 Å². The lowest BCUT2D eigenvalue weighted by Gasteiger charge is -2.53. The number of fused-ring (bicyclic) bond motifs is 2. The van der Waals surface area contributed by atoms with Crippen molar-refractivity contribution < 1.29 is 85.4 Å². The summed E-state index contributed by atoms with van der Waals surface area (Å²) < 4.78 is 104. The van der Waals surface area contributed by atoms with Crippen LogP contribution in [0.25, 0.3) is 0 Å². The van der Waals surface area contributed by atoms with E-state index in [4.69, 9.17) is 82.7 Å². The average molecular weight is 1340 g/mol. The number of amides is 2. The van der Waals surface area contributed by atoms with Crippen LogP contribution in [0.2, 0.25) is 0 Å². The highest BCUT2D eigenvalue weighted by Gasteiger charge is 2.61. The molecule has 5 heterocycles. The van der Waals surface area contributed by atoms with Crippen LogP contribution in [0.1, 0.15) is 67.3 Å². The lowest BCUT2D eigenvalue weighted by Crippen LogP contribution is -2.71. The molecule has 20 heteroatoms. The van der Waals surface area contributed by atoms with Crippen molar-refractivity contribution in [3.63, 3.8) is 0 Å². The van der Waals surface area contributed by atoms with Gasteiger partial charge in [0.05, 0.1) is 70.6 Å². The first-order valence-corrected chi connectivity index (χ1v) is 33.1. The zero-order valence-corrected chi connectivity index (χ0v) is 54.3. The predicted octanol–water partition coefficient (Wildman–Crippen LogP) is 11.5. The molecular formula is C77H76ClNO18. The quantitative estimate of drug-likeness (QED) is 0.0268. The van der Waals surface area contributed by atoms with Crippen molar-refractivity contribution in [3.8, 4) is 11.5 Å². The van der Waals surface area contributed by atoms with Crippen LogP contribution in [0.3, 0.4) is 0 Å². The van der Waals surface area contributed by atoms with Gasteiger partial charge in [-0.25, -0.2) is 0 Å². The van der Waals surface area contributed by atoms with Crippen molar-refractivity contribution in [1.82, 2.24) is 4.90 Å². The third kappa shape index (κ3) is 16.2. The largest absolute Gasteiger partial charge is 0.497 e. The molecule has 0 aliphatic carbocycles. The van der Waals surface area contributed by atoms with Gasteiger partial charge < -0.3 is 71.1 Å². The number of hydrogen-bond acceptors (Lipinski definition) is 18. The molecule has 0 radical (unpaired) electrons. The number of rotatable bonds is 27. The van der Waals surface area contributed by atoms with Crippen molar-refractivity contribution >= 4 is 29.4 Å². The van der Waals surface area contributed by atoms with Crippen LogP contribution in [0, 0.1) is 0 Å². The van der Waals surface area contributed by atoms with Crippen molar-refractivity contribution in [3.05, 3.63) is 275 Å². The van der Waals surface area contributed by atoms with Crippen LogP contribution in [0.15, 0.2) is 231 Å². The standard InChI is InChI=1S/C77H76ClNO18/c1-49-64(85-43-51-25-11-4-12-26-51)69(94-62(80)41-78)71(88-46-54-31-17-7-18-32-54)76(90-49)97-67-63(79-72(81)58-35-21-22-36-59(58)73(79)82)75(91-57-39-37-56(83-2)38-40-57)92-60(47-84-42-50-23-9-3-10-24-50)65(67)96-77-70(87-45-53-29-15-6-16-30-53)68(86-44-52-27-13-5-14-28-52)66-61(93-77)48-89-74(95-66)55-33-19-8-20-34-55/h3-40,49,60-61,63-71,74-77H,41-48H2,1-2H3/t49-,60+,61+,63+,64-,65+,66+,67+,68-,69+,70+,71+,74?,75+,76+,77+/m0/s1. The summed E-state index contributed by atoms with van der Waals surface area (Å²) in [5.74, 6) is -1.84. The molecule has 8 aromatic carbocycles. The van der Waals surface area contributed by atoms with Gasteiger partial charge in [-0.3, -0.25) is 19.3 Å². The van der Waals surface area contributed by atoms with E-state index in [0.29, 0.717) is 5.75 Å². The second-order valence-electron chi connectivity index (χ2n) is 24.1. The summed E-state index contributed by atoms with van der Waals surface area (Å²) in [5, 5.41) is 0. The SMILES string of the molecule is COc1ccc(O[C@@H]2O[C@H](COCc3ccccc3)[C@@H](O[C@H]3O[C@@H]4COC(c5ccccc5)O[C@H]4[C@H](OCc4ccccc4)[C@H]3OCc3ccccc3)[C@H](O[C@H]3O[C@@H](C)[C@H](OCc4ccccc4)[C@@H](OC(=O)CCl)[C@H]3OCc3ccccc3)[C@H]2N2C(=O)c3ccccc3C2=O)cc1. The highest BCUT2D eigenvalue weighted by molar-refractivity contribution is 6.26. The minimum absolute atomic E-state index is 0.0188. The Morgan fingerprint density at radius 1 is 0.474 bits per heavy atom. The Morgan fingerprint density at radius 2 is 0.928 bits per heavy atom. The zero-order valence-electron chi connectivity index (χ0n) is 53.5. The number of nitrogens with zero attached hydrogens (tertiary/aromatic N) is 1. The van der Waals surface area contributed by atoms with Gasteiger partial charge in [-0.1, -0.05) is 194 Å². The number of ether oxygens (including phenoxy) is 15. The number of imide groups is 1. The van der Waals surface area contributed by atoms with E-state index in [1.54, 1.807) is 62.6 Å². The molecule has 5 aliphatic rings. The minimum atomic E-state index is -1.59. The number of halogens is 1. The second kappa shape index (κ2) is 32.4. The molecule has 1 unspecified atom stereocenters. The van der Waals surface area contributed by atoms with Gasteiger partial charge in [-0.2, -0.15) is 0 Å². The Morgan fingerprint density at radius 3 is 1.45 bits per heavy atom. The number of methoxy groups -OCH3 is 1. The smallest absolute Gasteiger partial charge is 0.321 e. The highest BCUT2D eigenvalue weighted by Crippen LogP contribution is 2.43. The van der Waals surface area contributed by atoms with Gasteiger partial charge in [0.1, 0.15) is 78.4 Å². The molecule has 16 atom stereocenters. The first-order chi connectivity index (χ1) is 47.7. The van der Waals surface area contributed by atoms with E-state index in [9.17, 15) is 4.79 Å². The van der Waals surface area contributed by atoms with Gasteiger partial charge in [-0.15, -0.1) is 11.6 Å². The van der Waals surface area contributed by atoms with Crippen molar-refractivity contribution in [2.24, 2.45) is 0 Å². The van der Waals surface area contributed by atoms with Crippen molar-refractivity contribution in [1.29, 1.82) is 0 Å². The molecule has 19 nitrogen and oxygen atoms in total. The van der Waals surface area contributed by atoms with Crippen LogP contribution in [0.4, 0.5) is 0 Å². The van der Waals surface area contributed by atoms with E-state index in [0.717, 1.165) is 38.3 Å². The van der Waals surface area contributed by atoms with Crippen LogP contribution >= 0.6 is 11.6 Å². The van der Waals surface area contributed by atoms with E-state index in [1.807, 2.05) is 182 Å². The number of benzene rings is 8. The van der Waals surface area contributed by atoms with Gasteiger partial charge in [0, 0.05) is 5.56 Å². The second-order valence-corrected chi connectivity index (χ2v) is 24.4. The van der Waals surface area contributed by atoms with Gasteiger partial charge in [0.15, 0.2) is 25.0 Å². The van der Waals surface area contributed by atoms with Gasteiger partial charge in [0.2, 0.25) is 6.29 Å². The Balaban J connectivity index is 0.969. The van der Waals surface area contributed by atoms with Crippen LogP contribution in [0.5, 0.6) is 11.5 Å². The molecule has 5 aliphatic heterocycles. The fourth-order valence-corrected chi connectivity index (χ4v) is 12.9. The zero-order chi connectivity index (χ0) is 66.5. The van der Waals surface area contributed by atoms with Gasteiger partial charge in [0.25, 0.3) is 11.8 Å². The Bertz CT molecular complexity index is 3760. The molecule has 0 saturated carbocycles. The Hall–Kier alpha value is -8.22. The first-order valence-electron chi connectivity index (χ1n) is 32.5. The summed E-state index contributed by atoms with van der Waals surface area (Å²) in [6.45, 7) is 1.91. The average Bonchev–Trinajstić information content (AvgIpc) is 1.71. The van der Waals surface area contributed by atoms with Crippen LogP contribution in [-0.2, 0) is 99.4 Å². The van der Waals surface area contributed by atoms with E-state index in [-0.39, 0.29) is 63.1 Å². The van der Waals surface area contributed by atoms with Gasteiger partial charge in [-0.05, 0) is 71.1 Å². The molecule has 504 valence electrons. The molecule has 0 bridgehead atoms. The van der Waals surface area contributed by atoms with E-state index >= 15 is 9.59 Å². The summed E-state index contributed by atoms with van der Waals surface area (Å²) in [4.78, 5) is 46.1. The minimum Gasteiger partial charge on any atom is -0.497 e. The first kappa shape index (κ1) is 67.4. The molecule has 0 aromatic heterocycles. The predicted molar refractivity (Wildman–Crippen MR) is 353 cm³/mol. The summed E-state index contributed by atoms with van der Waals surface area (Å²) in [6.07, 6.45) is -17.9. The molecule has 2 amide bonds. The topological polar surface area (TPSA) is 193 Å². The Kier molecular flexibility index (Phi) is 22.5. The van der Waals surface area contributed by atoms with E-state index in [2.05, 4.69) is 0 Å². The molecule has 8 aromatic rings. The fourth-order valence-electron chi connectivity index (χ4n) is 12.8. The monoisotopic (exact) mass is 1340 g/mol. The third-order valence-electron chi connectivity index (χ3n) is 17.6. The lowest BCUT2D eigenvalue weighted by molar-refractivity contribution is -0.399. The number of carbonyl (C=O) groups is 3. The number of esters is 1. The summed E-state index contributed by atoms with van der Waals surface area (Å²) >= 11 is 6.32. The normalized spacial score (nSPS) is 27.7. The lowest BCUT2D eigenvalue weighted by atomic mass is 9.93. The summed E-state index contributed by atoms with van der Waals surface area (Å²) in [5.41, 5.74) is 5.18. The highest BCUT2D eigenvalue weighted by atomic mass is 35.5. The maximum Gasteiger partial charge on any atom is 0.321 e. The van der Waals surface area contributed by atoms with E-state index in [1.165, 1.54) is 0 Å².